The molecule has 1 atom stereocenters. The summed E-state index contributed by atoms with van der Waals surface area (Å²) in [4.78, 5) is 4.12. The quantitative estimate of drug-likeness (QED) is 0.587. The number of thioether (sulfide) groups is 1. The SMILES string of the molecule is COc1cncc(C(CSC(C)C)NN)c1. The van der Waals surface area contributed by atoms with Gasteiger partial charge in [0, 0.05) is 11.9 Å². The molecular formula is C11H19N3OS. The van der Waals surface area contributed by atoms with E-state index in [0.717, 1.165) is 17.1 Å². The molecule has 0 saturated carbocycles. The highest BCUT2D eigenvalue weighted by Gasteiger charge is 2.11. The van der Waals surface area contributed by atoms with Crippen molar-refractivity contribution in [2.45, 2.75) is 25.1 Å². The lowest BCUT2D eigenvalue weighted by Crippen LogP contribution is -2.30. The summed E-state index contributed by atoms with van der Waals surface area (Å²) in [5.41, 5.74) is 3.86. The highest BCUT2D eigenvalue weighted by molar-refractivity contribution is 7.99. The van der Waals surface area contributed by atoms with Crippen LogP contribution in [0.25, 0.3) is 0 Å². The fraction of sp³-hybridized carbons (Fsp3) is 0.545. The topological polar surface area (TPSA) is 60.2 Å². The van der Waals surface area contributed by atoms with Gasteiger partial charge in [0.15, 0.2) is 0 Å². The molecule has 5 heteroatoms. The van der Waals surface area contributed by atoms with E-state index in [1.165, 1.54) is 0 Å². The molecule has 0 bridgehead atoms. The number of hydrogen-bond donors (Lipinski definition) is 2. The molecular weight excluding hydrogens is 222 g/mol. The third-order valence-corrected chi connectivity index (χ3v) is 3.36. The van der Waals surface area contributed by atoms with Crippen molar-refractivity contribution in [3.8, 4) is 5.75 Å². The number of nitrogens with two attached hydrogens (primary N) is 1. The van der Waals surface area contributed by atoms with Crippen molar-refractivity contribution in [2.24, 2.45) is 5.84 Å². The molecule has 1 heterocycles. The molecule has 0 spiro atoms. The first-order chi connectivity index (χ1) is 7.67. The third-order valence-electron chi connectivity index (χ3n) is 2.17. The van der Waals surface area contributed by atoms with Crippen molar-refractivity contribution >= 4 is 11.8 Å². The maximum absolute atomic E-state index is 5.55. The number of rotatable bonds is 6. The van der Waals surface area contributed by atoms with Crippen LogP contribution in [0.15, 0.2) is 18.5 Å². The second-order valence-corrected chi connectivity index (χ2v) is 5.37. The van der Waals surface area contributed by atoms with E-state index in [2.05, 4.69) is 24.3 Å². The zero-order valence-corrected chi connectivity index (χ0v) is 10.8. The second kappa shape index (κ2) is 6.73. The number of nitrogens with one attached hydrogen (secondary N) is 1. The van der Waals surface area contributed by atoms with Gasteiger partial charge in [-0.2, -0.15) is 11.8 Å². The average molecular weight is 241 g/mol. The van der Waals surface area contributed by atoms with Crippen LogP contribution in [0.3, 0.4) is 0 Å². The Balaban J connectivity index is 2.70. The molecule has 0 saturated heterocycles. The van der Waals surface area contributed by atoms with Gasteiger partial charge in [0.25, 0.3) is 0 Å². The molecule has 1 aromatic heterocycles. The van der Waals surface area contributed by atoms with Crippen molar-refractivity contribution < 1.29 is 4.74 Å². The van der Waals surface area contributed by atoms with Gasteiger partial charge in [0.05, 0.1) is 19.3 Å². The Hall–Kier alpha value is -0.780. The van der Waals surface area contributed by atoms with Crippen LogP contribution in [-0.2, 0) is 0 Å². The number of aromatic nitrogens is 1. The Labute approximate surface area is 101 Å². The normalized spacial score (nSPS) is 12.8. The summed E-state index contributed by atoms with van der Waals surface area (Å²) in [7, 11) is 1.63. The number of hydrazine groups is 1. The van der Waals surface area contributed by atoms with Gasteiger partial charge in [-0.3, -0.25) is 16.3 Å². The summed E-state index contributed by atoms with van der Waals surface area (Å²) in [5.74, 6) is 7.23. The van der Waals surface area contributed by atoms with Gasteiger partial charge in [0.1, 0.15) is 5.75 Å². The Kier molecular flexibility index (Phi) is 5.59. The lowest BCUT2D eigenvalue weighted by atomic mass is 10.1. The third kappa shape index (κ3) is 4.00. The summed E-state index contributed by atoms with van der Waals surface area (Å²) >= 11 is 1.86. The maximum Gasteiger partial charge on any atom is 0.137 e. The van der Waals surface area contributed by atoms with Crippen LogP contribution in [-0.4, -0.2) is 23.1 Å². The monoisotopic (exact) mass is 241 g/mol. The minimum atomic E-state index is 0.106. The van der Waals surface area contributed by atoms with Crippen molar-refractivity contribution in [1.82, 2.24) is 10.4 Å². The van der Waals surface area contributed by atoms with Crippen LogP contribution in [0.4, 0.5) is 0 Å². The summed E-state index contributed by atoms with van der Waals surface area (Å²) in [6.07, 6.45) is 3.50. The summed E-state index contributed by atoms with van der Waals surface area (Å²) in [5, 5.41) is 0.592. The fourth-order valence-corrected chi connectivity index (χ4v) is 2.13. The number of ether oxygens (including phenoxy) is 1. The van der Waals surface area contributed by atoms with Crippen LogP contribution in [0.5, 0.6) is 5.75 Å². The average Bonchev–Trinajstić information content (AvgIpc) is 2.30. The summed E-state index contributed by atoms with van der Waals surface area (Å²) < 4.78 is 5.14. The first kappa shape index (κ1) is 13.3. The van der Waals surface area contributed by atoms with Crippen molar-refractivity contribution in [3.63, 3.8) is 0 Å². The molecule has 1 aromatic rings. The Morgan fingerprint density at radius 3 is 2.81 bits per heavy atom. The highest BCUT2D eigenvalue weighted by atomic mass is 32.2. The van der Waals surface area contributed by atoms with Crippen LogP contribution in [0.2, 0.25) is 0 Å². The predicted octanol–water partition coefficient (Wildman–Crippen LogP) is 1.74. The number of pyridine rings is 1. The van der Waals surface area contributed by atoms with Crippen LogP contribution >= 0.6 is 11.8 Å². The fourth-order valence-electron chi connectivity index (χ4n) is 1.27. The first-order valence-corrected chi connectivity index (χ1v) is 6.29. The van der Waals surface area contributed by atoms with E-state index in [9.17, 15) is 0 Å². The number of hydrogen-bond acceptors (Lipinski definition) is 5. The minimum absolute atomic E-state index is 0.106. The van der Waals surface area contributed by atoms with E-state index in [1.807, 2.05) is 24.0 Å². The molecule has 0 aromatic carbocycles. The van der Waals surface area contributed by atoms with E-state index in [1.54, 1.807) is 13.3 Å². The van der Waals surface area contributed by atoms with E-state index < -0.39 is 0 Å². The van der Waals surface area contributed by atoms with E-state index in [4.69, 9.17) is 10.6 Å². The Bertz CT molecular complexity index is 320. The second-order valence-electron chi connectivity index (χ2n) is 3.76. The van der Waals surface area contributed by atoms with Gasteiger partial charge in [-0.15, -0.1) is 0 Å². The summed E-state index contributed by atoms with van der Waals surface area (Å²) in [6.45, 7) is 4.34. The molecule has 0 amide bonds. The predicted molar refractivity (Wildman–Crippen MR) is 68.4 cm³/mol. The van der Waals surface area contributed by atoms with Gasteiger partial charge in [0.2, 0.25) is 0 Å². The molecule has 0 aliphatic carbocycles. The molecule has 0 fully saturated rings. The lowest BCUT2D eigenvalue weighted by Gasteiger charge is -2.17. The van der Waals surface area contributed by atoms with Gasteiger partial charge in [-0.25, -0.2) is 0 Å². The molecule has 1 unspecified atom stereocenters. The van der Waals surface area contributed by atoms with Crippen LogP contribution in [0.1, 0.15) is 25.5 Å². The molecule has 16 heavy (non-hydrogen) atoms. The van der Waals surface area contributed by atoms with Gasteiger partial charge >= 0.3 is 0 Å². The van der Waals surface area contributed by atoms with Gasteiger partial charge in [-0.05, 0) is 16.9 Å². The van der Waals surface area contributed by atoms with E-state index >= 15 is 0 Å². The molecule has 1 rings (SSSR count). The zero-order chi connectivity index (χ0) is 12.0. The van der Waals surface area contributed by atoms with Crippen molar-refractivity contribution in [2.75, 3.05) is 12.9 Å². The lowest BCUT2D eigenvalue weighted by molar-refractivity contribution is 0.411. The minimum Gasteiger partial charge on any atom is -0.495 e. The van der Waals surface area contributed by atoms with E-state index in [-0.39, 0.29) is 6.04 Å². The molecule has 0 aliphatic rings. The standard InChI is InChI=1S/C11H19N3OS/c1-8(2)16-7-11(14-12)9-4-10(15-3)6-13-5-9/h4-6,8,11,14H,7,12H2,1-3H3. The smallest absolute Gasteiger partial charge is 0.137 e. The summed E-state index contributed by atoms with van der Waals surface area (Å²) in [6, 6.07) is 2.06. The number of methoxy groups -OCH3 is 1. The van der Waals surface area contributed by atoms with Gasteiger partial charge < -0.3 is 4.74 Å². The zero-order valence-electron chi connectivity index (χ0n) is 9.93. The highest BCUT2D eigenvalue weighted by Crippen LogP contribution is 2.22. The molecule has 4 nitrogen and oxygen atoms in total. The molecule has 3 N–H and O–H groups in total. The Morgan fingerprint density at radius 1 is 1.50 bits per heavy atom. The van der Waals surface area contributed by atoms with Crippen LogP contribution < -0.4 is 16.0 Å². The molecule has 0 radical (unpaired) electrons. The molecule has 0 aliphatic heterocycles. The van der Waals surface area contributed by atoms with E-state index in [0.29, 0.717) is 5.25 Å². The van der Waals surface area contributed by atoms with Crippen molar-refractivity contribution in [3.05, 3.63) is 24.0 Å². The number of nitrogens with zero attached hydrogens (tertiary/aromatic N) is 1. The largest absolute Gasteiger partial charge is 0.495 e. The Morgan fingerprint density at radius 2 is 2.25 bits per heavy atom. The van der Waals surface area contributed by atoms with Gasteiger partial charge in [-0.1, -0.05) is 13.8 Å². The first-order valence-electron chi connectivity index (χ1n) is 5.24. The maximum atomic E-state index is 5.55. The van der Waals surface area contributed by atoms with Crippen molar-refractivity contribution in [1.29, 1.82) is 0 Å². The van der Waals surface area contributed by atoms with Crippen LogP contribution in [0, 0.1) is 0 Å². The molecule has 90 valence electrons.